The number of nitriles is 1. The summed E-state index contributed by atoms with van der Waals surface area (Å²) in [6.07, 6.45) is 5.32. The number of esters is 1. The van der Waals surface area contributed by atoms with Crippen LogP contribution in [0.3, 0.4) is 0 Å². The molecule has 0 saturated heterocycles. The standard InChI is InChI=1S/C24H20N4O4/c1-30-14-17-8-15(10-25)4-6-18(17)21-11-27-23-12-26-20(13-28(21)23)16-5-7-19(24(29)32-3)22(9-16)31-2/h4-9,11-13H,14H2,1-3H3. The summed E-state index contributed by atoms with van der Waals surface area (Å²) in [5.41, 5.74) is 5.67. The van der Waals surface area contributed by atoms with Gasteiger partial charge in [-0.15, -0.1) is 0 Å². The fraction of sp³-hybridized carbons (Fsp3) is 0.167. The average Bonchev–Trinajstić information content (AvgIpc) is 3.26. The minimum atomic E-state index is -0.472. The Morgan fingerprint density at radius 3 is 2.66 bits per heavy atom. The highest BCUT2D eigenvalue weighted by atomic mass is 16.5. The predicted molar refractivity (Wildman–Crippen MR) is 117 cm³/mol. The molecule has 0 N–H and O–H groups in total. The highest BCUT2D eigenvalue weighted by Gasteiger charge is 2.16. The smallest absolute Gasteiger partial charge is 0.341 e. The molecule has 4 aromatic rings. The van der Waals surface area contributed by atoms with Gasteiger partial charge in [-0.25, -0.2) is 9.78 Å². The molecular weight excluding hydrogens is 408 g/mol. The van der Waals surface area contributed by atoms with Crippen LogP contribution in [0.4, 0.5) is 0 Å². The maximum absolute atomic E-state index is 12.0. The topological polar surface area (TPSA) is 98.7 Å². The fourth-order valence-electron chi connectivity index (χ4n) is 3.55. The van der Waals surface area contributed by atoms with Crippen molar-refractivity contribution in [3.8, 4) is 34.3 Å². The van der Waals surface area contributed by atoms with Crippen molar-refractivity contribution in [2.75, 3.05) is 21.3 Å². The first-order valence-corrected chi connectivity index (χ1v) is 9.71. The number of hydrogen-bond acceptors (Lipinski definition) is 7. The molecule has 0 aliphatic carbocycles. The molecular formula is C24H20N4O4. The zero-order valence-corrected chi connectivity index (χ0v) is 17.8. The second-order valence-electron chi connectivity index (χ2n) is 6.97. The molecule has 0 bridgehead atoms. The number of methoxy groups -OCH3 is 3. The van der Waals surface area contributed by atoms with Gasteiger partial charge in [0.15, 0.2) is 5.65 Å². The molecule has 0 aliphatic rings. The fourth-order valence-corrected chi connectivity index (χ4v) is 3.55. The summed E-state index contributed by atoms with van der Waals surface area (Å²) in [5.74, 6) is -0.0724. The van der Waals surface area contributed by atoms with Crippen molar-refractivity contribution >= 4 is 11.6 Å². The van der Waals surface area contributed by atoms with Gasteiger partial charge in [-0.2, -0.15) is 5.26 Å². The third-order valence-electron chi connectivity index (χ3n) is 5.11. The van der Waals surface area contributed by atoms with E-state index in [9.17, 15) is 10.1 Å². The zero-order chi connectivity index (χ0) is 22.7. The van der Waals surface area contributed by atoms with E-state index < -0.39 is 5.97 Å². The van der Waals surface area contributed by atoms with E-state index in [2.05, 4.69) is 16.0 Å². The van der Waals surface area contributed by atoms with E-state index in [1.54, 1.807) is 43.8 Å². The number of imidazole rings is 1. The number of hydrogen-bond donors (Lipinski definition) is 0. The van der Waals surface area contributed by atoms with Gasteiger partial charge >= 0.3 is 5.97 Å². The highest BCUT2D eigenvalue weighted by Crippen LogP contribution is 2.30. The van der Waals surface area contributed by atoms with Crippen molar-refractivity contribution in [3.05, 3.63) is 71.7 Å². The SMILES string of the molecule is COCc1cc(C#N)ccc1-c1cnc2cnc(-c3ccc(C(=O)OC)c(OC)c3)cn12. The van der Waals surface area contributed by atoms with Gasteiger partial charge < -0.3 is 14.2 Å². The van der Waals surface area contributed by atoms with Crippen LogP contribution in [0, 0.1) is 11.3 Å². The Morgan fingerprint density at radius 2 is 1.94 bits per heavy atom. The lowest BCUT2D eigenvalue weighted by atomic mass is 10.0. The van der Waals surface area contributed by atoms with E-state index in [0.717, 1.165) is 22.4 Å². The molecule has 4 rings (SSSR count). The molecule has 32 heavy (non-hydrogen) atoms. The van der Waals surface area contributed by atoms with E-state index in [-0.39, 0.29) is 0 Å². The van der Waals surface area contributed by atoms with Crippen molar-refractivity contribution in [1.29, 1.82) is 5.26 Å². The summed E-state index contributed by atoms with van der Waals surface area (Å²) >= 11 is 0. The Balaban J connectivity index is 1.83. The largest absolute Gasteiger partial charge is 0.496 e. The summed E-state index contributed by atoms with van der Waals surface area (Å²) in [5, 5.41) is 9.24. The van der Waals surface area contributed by atoms with Crippen molar-refractivity contribution in [2.45, 2.75) is 6.61 Å². The second kappa shape index (κ2) is 8.88. The Kier molecular flexibility index (Phi) is 5.83. The van der Waals surface area contributed by atoms with Gasteiger partial charge in [-0.1, -0.05) is 12.1 Å². The van der Waals surface area contributed by atoms with E-state index in [1.165, 1.54) is 14.2 Å². The van der Waals surface area contributed by atoms with E-state index >= 15 is 0 Å². The molecule has 0 radical (unpaired) electrons. The normalized spacial score (nSPS) is 10.7. The van der Waals surface area contributed by atoms with Crippen LogP contribution in [0.5, 0.6) is 5.75 Å². The molecule has 2 aromatic carbocycles. The zero-order valence-electron chi connectivity index (χ0n) is 17.8. The Hall–Kier alpha value is -4.22. The van der Waals surface area contributed by atoms with E-state index in [1.807, 2.05) is 22.7 Å². The minimum absolute atomic E-state index is 0.338. The number of rotatable bonds is 6. The van der Waals surface area contributed by atoms with Crippen LogP contribution in [-0.2, 0) is 16.1 Å². The monoisotopic (exact) mass is 428 g/mol. The molecule has 0 amide bonds. The lowest BCUT2D eigenvalue weighted by Gasteiger charge is -2.11. The molecule has 8 nitrogen and oxygen atoms in total. The average molecular weight is 428 g/mol. The Bertz CT molecular complexity index is 1350. The number of carbonyl (C=O) groups is 1. The summed E-state index contributed by atoms with van der Waals surface area (Å²) in [6.45, 7) is 0.363. The quantitative estimate of drug-likeness (QED) is 0.430. The van der Waals surface area contributed by atoms with Crippen LogP contribution >= 0.6 is 0 Å². The van der Waals surface area contributed by atoms with Gasteiger partial charge in [-0.05, 0) is 29.8 Å². The lowest BCUT2D eigenvalue weighted by molar-refractivity contribution is 0.0597. The summed E-state index contributed by atoms with van der Waals surface area (Å²) < 4.78 is 17.4. The van der Waals surface area contributed by atoms with Gasteiger partial charge in [0.25, 0.3) is 0 Å². The van der Waals surface area contributed by atoms with Gasteiger partial charge in [0.2, 0.25) is 0 Å². The molecule has 0 aliphatic heterocycles. The van der Waals surface area contributed by atoms with Crippen molar-refractivity contribution in [1.82, 2.24) is 14.4 Å². The molecule has 0 spiro atoms. The molecule has 2 heterocycles. The number of fused-ring (bicyclic) bond motifs is 1. The number of nitrogens with zero attached hydrogens (tertiary/aromatic N) is 4. The highest BCUT2D eigenvalue weighted by molar-refractivity contribution is 5.93. The molecule has 0 saturated carbocycles. The van der Waals surface area contributed by atoms with Gasteiger partial charge in [0, 0.05) is 24.4 Å². The van der Waals surface area contributed by atoms with Crippen LogP contribution in [0.2, 0.25) is 0 Å². The number of ether oxygens (including phenoxy) is 3. The van der Waals surface area contributed by atoms with Crippen molar-refractivity contribution in [3.63, 3.8) is 0 Å². The van der Waals surface area contributed by atoms with Gasteiger partial charge in [0.1, 0.15) is 11.3 Å². The molecule has 0 unspecified atom stereocenters. The van der Waals surface area contributed by atoms with Crippen LogP contribution < -0.4 is 4.74 Å². The molecule has 160 valence electrons. The van der Waals surface area contributed by atoms with Crippen molar-refractivity contribution < 1.29 is 19.0 Å². The van der Waals surface area contributed by atoms with E-state index in [0.29, 0.717) is 34.8 Å². The molecule has 2 aromatic heterocycles. The van der Waals surface area contributed by atoms with Crippen LogP contribution in [0.15, 0.2) is 55.0 Å². The minimum Gasteiger partial charge on any atom is -0.496 e. The first-order chi connectivity index (χ1) is 15.6. The molecule has 8 heteroatoms. The maximum Gasteiger partial charge on any atom is 0.341 e. The predicted octanol–water partition coefficient (Wildman–Crippen LogP) is 3.88. The number of aromatic nitrogens is 3. The van der Waals surface area contributed by atoms with Gasteiger partial charge in [-0.3, -0.25) is 9.38 Å². The van der Waals surface area contributed by atoms with Gasteiger partial charge in [0.05, 0.1) is 56.2 Å². The number of benzene rings is 2. The Morgan fingerprint density at radius 1 is 1.09 bits per heavy atom. The first-order valence-electron chi connectivity index (χ1n) is 9.71. The number of carbonyl (C=O) groups excluding carboxylic acids is 1. The third-order valence-corrected chi connectivity index (χ3v) is 5.11. The van der Waals surface area contributed by atoms with Crippen LogP contribution in [0.1, 0.15) is 21.5 Å². The lowest BCUT2D eigenvalue weighted by Crippen LogP contribution is -2.04. The second-order valence-corrected chi connectivity index (χ2v) is 6.97. The van der Waals surface area contributed by atoms with E-state index in [4.69, 9.17) is 14.2 Å². The summed E-state index contributed by atoms with van der Waals surface area (Å²) in [4.78, 5) is 20.9. The van der Waals surface area contributed by atoms with Crippen LogP contribution in [-0.4, -0.2) is 41.7 Å². The summed E-state index contributed by atoms with van der Waals surface area (Å²) in [7, 11) is 4.44. The van der Waals surface area contributed by atoms with Crippen LogP contribution in [0.25, 0.3) is 28.2 Å². The van der Waals surface area contributed by atoms with Crippen molar-refractivity contribution in [2.24, 2.45) is 0 Å². The Labute approximate surface area is 184 Å². The maximum atomic E-state index is 12.0. The molecule has 0 fully saturated rings. The summed E-state index contributed by atoms with van der Waals surface area (Å²) in [6, 6.07) is 12.8. The molecule has 0 atom stereocenters. The first kappa shape index (κ1) is 21.0. The third kappa shape index (κ3) is 3.77.